The number of rotatable bonds is 3. The monoisotopic (exact) mass is 280 g/mol. The molecule has 1 aromatic carbocycles. The van der Waals surface area contributed by atoms with Gasteiger partial charge in [0.25, 0.3) is 0 Å². The fourth-order valence-corrected chi connectivity index (χ4v) is 2.62. The Bertz CT molecular complexity index is 566. The van der Waals surface area contributed by atoms with Crippen molar-refractivity contribution in [1.29, 1.82) is 0 Å². The Labute approximate surface area is 103 Å². The SMILES string of the molecule is CC(C)S(=O)(=O)c1cc(Cl)cc(C(=O)O)c1F. The van der Waals surface area contributed by atoms with Crippen molar-refractivity contribution in [1.82, 2.24) is 0 Å². The van der Waals surface area contributed by atoms with Crippen molar-refractivity contribution >= 4 is 27.4 Å². The maximum Gasteiger partial charge on any atom is 0.338 e. The van der Waals surface area contributed by atoms with Gasteiger partial charge in [0.1, 0.15) is 4.90 Å². The highest BCUT2D eigenvalue weighted by atomic mass is 35.5. The van der Waals surface area contributed by atoms with Gasteiger partial charge in [0.05, 0.1) is 10.8 Å². The Balaban J connectivity index is 3.62. The number of benzene rings is 1. The van der Waals surface area contributed by atoms with Crippen LogP contribution in [0.15, 0.2) is 17.0 Å². The van der Waals surface area contributed by atoms with Gasteiger partial charge >= 0.3 is 5.97 Å². The fourth-order valence-electron chi connectivity index (χ4n) is 1.18. The van der Waals surface area contributed by atoms with Gasteiger partial charge in [-0.25, -0.2) is 17.6 Å². The molecule has 0 aliphatic rings. The molecule has 0 aliphatic carbocycles. The van der Waals surface area contributed by atoms with E-state index in [9.17, 15) is 17.6 Å². The van der Waals surface area contributed by atoms with Gasteiger partial charge in [0, 0.05) is 5.02 Å². The minimum atomic E-state index is -3.91. The molecule has 17 heavy (non-hydrogen) atoms. The Hall–Kier alpha value is -1.14. The molecule has 7 heteroatoms. The molecule has 0 amide bonds. The first kappa shape index (κ1) is 13.9. The molecule has 1 rings (SSSR count). The summed E-state index contributed by atoms with van der Waals surface area (Å²) in [5.74, 6) is -2.85. The zero-order valence-electron chi connectivity index (χ0n) is 9.07. The molecule has 0 aliphatic heterocycles. The smallest absolute Gasteiger partial charge is 0.338 e. The lowest BCUT2D eigenvalue weighted by Gasteiger charge is -2.10. The van der Waals surface area contributed by atoms with E-state index in [1.165, 1.54) is 13.8 Å². The predicted octanol–water partition coefficient (Wildman–Crippen LogP) is 2.36. The van der Waals surface area contributed by atoms with Gasteiger partial charge in [-0.15, -0.1) is 0 Å². The van der Waals surface area contributed by atoms with E-state index in [4.69, 9.17) is 16.7 Å². The average Bonchev–Trinajstić information content (AvgIpc) is 2.20. The van der Waals surface area contributed by atoms with Crippen LogP contribution in [0, 0.1) is 5.82 Å². The van der Waals surface area contributed by atoms with E-state index in [2.05, 4.69) is 0 Å². The average molecular weight is 281 g/mol. The van der Waals surface area contributed by atoms with Crippen molar-refractivity contribution in [2.45, 2.75) is 24.0 Å². The van der Waals surface area contributed by atoms with E-state index in [-0.39, 0.29) is 5.02 Å². The second-order valence-corrected chi connectivity index (χ2v) is 6.57. The molecule has 0 radical (unpaired) electrons. The Morgan fingerprint density at radius 3 is 2.35 bits per heavy atom. The molecule has 0 saturated heterocycles. The zero-order chi connectivity index (χ0) is 13.4. The lowest BCUT2D eigenvalue weighted by atomic mass is 10.2. The van der Waals surface area contributed by atoms with Crippen LogP contribution in [0.2, 0.25) is 5.02 Å². The van der Waals surface area contributed by atoms with E-state index < -0.39 is 37.3 Å². The number of hydrogen-bond donors (Lipinski definition) is 1. The Morgan fingerprint density at radius 2 is 1.94 bits per heavy atom. The van der Waals surface area contributed by atoms with Gasteiger partial charge in [0.15, 0.2) is 15.7 Å². The van der Waals surface area contributed by atoms with Crippen LogP contribution in [0.1, 0.15) is 24.2 Å². The molecule has 0 spiro atoms. The van der Waals surface area contributed by atoms with E-state index in [1.54, 1.807) is 0 Å². The highest BCUT2D eigenvalue weighted by molar-refractivity contribution is 7.92. The van der Waals surface area contributed by atoms with Gasteiger partial charge in [-0.2, -0.15) is 0 Å². The van der Waals surface area contributed by atoms with Gasteiger partial charge in [-0.3, -0.25) is 0 Å². The summed E-state index contributed by atoms with van der Waals surface area (Å²) in [7, 11) is -3.91. The van der Waals surface area contributed by atoms with Crippen LogP contribution in [-0.4, -0.2) is 24.7 Å². The third-order valence-electron chi connectivity index (χ3n) is 2.16. The Kier molecular flexibility index (Phi) is 3.78. The lowest BCUT2D eigenvalue weighted by Crippen LogP contribution is -2.17. The summed E-state index contributed by atoms with van der Waals surface area (Å²) < 4.78 is 37.3. The third-order valence-corrected chi connectivity index (χ3v) is 4.53. The fraction of sp³-hybridized carbons (Fsp3) is 0.300. The van der Waals surface area contributed by atoms with Crippen LogP contribution in [-0.2, 0) is 9.84 Å². The van der Waals surface area contributed by atoms with Crippen LogP contribution >= 0.6 is 11.6 Å². The number of hydrogen-bond acceptors (Lipinski definition) is 3. The number of halogens is 2. The van der Waals surface area contributed by atoms with Crippen molar-refractivity contribution in [2.75, 3.05) is 0 Å². The number of sulfone groups is 1. The molecule has 0 unspecified atom stereocenters. The molecule has 0 heterocycles. The summed E-state index contributed by atoms with van der Waals surface area (Å²) in [5, 5.41) is 7.73. The number of carboxylic acids is 1. The second kappa shape index (κ2) is 4.62. The number of carbonyl (C=O) groups is 1. The van der Waals surface area contributed by atoms with Gasteiger partial charge in [-0.05, 0) is 26.0 Å². The van der Waals surface area contributed by atoms with Crippen LogP contribution in [0.5, 0.6) is 0 Å². The molecule has 1 N–H and O–H groups in total. The van der Waals surface area contributed by atoms with Gasteiger partial charge < -0.3 is 5.11 Å². The normalized spacial score (nSPS) is 11.8. The molecule has 1 aromatic rings. The molecule has 0 bridgehead atoms. The quantitative estimate of drug-likeness (QED) is 0.922. The first-order chi connectivity index (χ1) is 7.67. The summed E-state index contributed by atoms with van der Waals surface area (Å²) in [6.45, 7) is 2.74. The van der Waals surface area contributed by atoms with Crippen molar-refractivity contribution in [2.24, 2.45) is 0 Å². The molecule has 0 atom stereocenters. The molecule has 0 saturated carbocycles. The Morgan fingerprint density at radius 1 is 1.41 bits per heavy atom. The summed E-state index contributed by atoms with van der Waals surface area (Å²) in [4.78, 5) is 10.0. The maximum atomic E-state index is 13.7. The first-order valence-corrected chi connectivity index (χ1v) is 6.56. The number of carboxylic acid groups (broad SMARTS) is 1. The van der Waals surface area contributed by atoms with Crippen LogP contribution in [0.4, 0.5) is 4.39 Å². The topological polar surface area (TPSA) is 71.4 Å². The molecule has 4 nitrogen and oxygen atoms in total. The molecule has 0 fully saturated rings. The lowest BCUT2D eigenvalue weighted by molar-refractivity contribution is 0.0691. The summed E-state index contributed by atoms with van der Waals surface area (Å²) >= 11 is 5.58. The van der Waals surface area contributed by atoms with E-state index >= 15 is 0 Å². The van der Waals surface area contributed by atoms with Crippen molar-refractivity contribution in [3.05, 3.63) is 28.5 Å². The maximum absolute atomic E-state index is 13.7. The summed E-state index contributed by atoms with van der Waals surface area (Å²) in [6, 6.07) is 1.79. The summed E-state index contributed by atoms with van der Waals surface area (Å²) in [6.07, 6.45) is 0. The largest absolute Gasteiger partial charge is 0.478 e. The predicted molar refractivity (Wildman–Crippen MR) is 60.7 cm³/mol. The van der Waals surface area contributed by atoms with Crippen molar-refractivity contribution < 1.29 is 22.7 Å². The molecular weight excluding hydrogens is 271 g/mol. The van der Waals surface area contributed by atoms with Crippen molar-refractivity contribution in [3.63, 3.8) is 0 Å². The molecule has 94 valence electrons. The van der Waals surface area contributed by atoms with Gasteiger partial charge in [-0.1, -0.05) is 11.6 Å². The van der Waals surface area contributed by atoms with Crippen LogP contribution < -0.4 is 0 Å². The van der Waals surface area contributed by atoms with E-state index in [1.807, 2.05) is 0 Å². The first-order valence-electron chi connectivity index (χ1n) is 4.64. The summed E-state index contributed by atoms with van der Waals surface area (Å²) in [5.41, 5.74) is -0.753. The minimum Gasteiger partial charge on any atom is -0.478 e. The standard InChI is InChI=1S/C10H10ClFO4S/c1-5(2)17(15,16)8-4-6(11)3-7(9(8)12)10(13)14/h3-5H,1-2H3,(H,13,14). The second-order valence-electron chi connectivity index (χ2n) is 3.66. The third kappa shape index (κ3) is 2.58. The van der Waals surface area contributed by atoms with E-state index in [0.29, 0.717) is 0 Å². The molecule has 0 aromatic heterocycles. The highest BCUT2D eigenvalue weighted by Gasteiger charge is 2.27. The van der Waals surface area contributed by atoms with Crippen LogP contribution in [0.3, 0.4) is 0 Å². The zero-order valence-corrected chi connectivity index (χ0v) is 10.6. The van der Waals surface area contributed by atoms with Gasteiger partial charge in [0.2, 0.25) is 0 Å². The minimum absolute atomic E-state index is 0.136. The molecular formula is C10H10ClFO4S. The van der Waals surface area contributed by atoms with Crippen molar-refractivity contribution in [3.8, 4) is 0 Å². The van der Waals surface area contributed by atoms with E-state index in [0.717, 1.165) is 12.1 Å². The highest BCUT2D eigenvalue weighted by Crippen LogP contribution is 2.26. The number of aromatic carboxylic acids is 1. The van der Waals surface area contributed by atoms with Crippen LogP contribution in [0.25, 0.3) is 0 Å².